The van der Waals surface area contributed by atoms with Gasteiger partial charge in [-0.3, -0.25) is 9.59 Å². The number of carbonyl (C=O) groups is 4. The Hall–Kier alpha value is -3.60. The Morgan fingerprint density at radius 3 is 2.46 bits per heavy atom. The molecule has 1 aromatic carbocycles. The van der Waals surface area contributed by atoms with E-state index in [1.165, 1.54) is 34.7 Å². The minimum Gasteiger partial charge on any atom is -0.478 e. The van der Waals surface area contributed by atoms with Gasteiger partial charge in [0.25, 0.3) is 5.91 Å². The van der Waals surface area contributed by atoms with Gasteiger partial charge in [0.15, 0.2) is 0 Å². The van der Waals surface area contributed by atoms with E-state index in [0.717, 1.165) is 0 Å². The number of likely N-dealkylation sites (tertiary alicyclic amines) is 1. The van der Waals surface area contributed by atoms with E-state index >= 15 is 0 Å². The molecular formula is C23H28ClN5O6. The number of primary amides is 1. The van der Waals surface area contributed by atoms with Crippen LogP contribution in [-0.2, 0) is 9.53 Å². The van der Waals surface area contributed by atoms with E-state index in [0.29, 0.717) is 13.0 Å². The van der Waals surface area contributed by atoms with Crippen molar-refractivity contribution in [2.45, 2.75) is 51.7 Å². The molecule has 12 heteroatoms. The lowest BCUT2D eigenvalue weighted by Gasteiger charge is -2.24. The largest absolute Gasteiger partial charge is 0.478 e. The molecule has 1 aliphatic rings. The number of hydrogen-bond acceptors (Lipinski definition) is 7. The number of carboxylic acids is 1. The molecule has 3 rings (SSSR count). The molecule has 5 N–H and O–H groups in total. The predicted octanol–water partition coefficient (Wildman–Crippen LogP) is 2.82. The third kappa shape index (κ3) is 5.40. The van der Waals surface area contributed by atoms with Crippen LogP contribution in [0.3, 0.4) is 0 Å². The maximum Gasteiger partial charge on any atom is 0.410 e. The molecule has 1 saturated heterocycles. The molecule has 2 heterocycles. The van der Waals surface area contributed by atoms with Crippen LogP contribution >= 0.6 is 11.6 Å². The fourth-order valence-electron chi connectivity index (χ4n) is 4.09. The van der Waals surface area contributed by atoms with Crippen LogP contribution in [-0.4, -0.2) is 62.2 Å². The van der Waals surface area contributed by atoms with Crippen molar-refractivity contribution < 1.29 is 29.0 Å². The van der Waals surface area contributed by atoms with Crippen LogP contribution in [0.2, 0.25) is 5.02 Å². The topological polar surface area (TPSA) is 171 Å². The third-order valence-corrected chi connectivity index (χ3v) is 5.96. The molecule has 0 bridgehead atoms. The SMILES string of the molecule is CC(=O)[C@@H](c1cc(C(=O)O)ccc1Cl)c1nn([C@H]2CCN(C(=O)OC(C)(C)C)C2)c(N)c1C(N)=O. The molecule has 0 aliphatic carbocycles. The minimum atomic E-state index is -1.21. The van der Waals surface area contributed by atoms with E-state index in [9.17, 15) is 24.3 Å². The van der Waals surface area contributed by atoms with Crippen LogP contribution in [0.4, 0.5) is 10.6 Å². The molecule has 0 unspecified atom stereocenters. The fourth-order valence-corrected chi connectivity index (χ4v) is 4.32. The first-order chi connectivity index (χ1) is 16.2. The number of aromatic nitrogens is 2. The average molecular weight is 506 g/mol. The van der Waals surface area contributed by atoms with Gasteiger partial charge in [-0.2, -0.15) is 5.10 Å². The number of ketones is 1. The van der Waals surface area contributed by atoms with Gasteiger partial charge >= 0.3 is 12.1 Å². The number of aromatic carboxylic acids is 1. The molecule has 1 aromatic heterocycles. The number of carboxylic acid groups (broad SMARTS) is 1. The Labute approximate surface area is 206 Å². The van der Waals surface area contributed by atoms with Crippen LogP contribution < -0.4 is 11.5 Å². The third-order valence-electron chi connectivity index (χ3n) is 5.62. The summed E-state index contributed by atoms with van der Waals surface area (Å²) in [5, 5.41) is 14.0. The maximum absolute atomic E-state index is 12.8. The summed E-state index contributed by atoms with van der Waals surface area (Å²) >= 11 is 6.32. The molecule has 11 nitrogen and oxygen atoms in total. The Bertz CT molecular complexity index is 1200. The number of Topliss-reactive ketones (excluding diaryl/α,β-unsaturated/α-hetero) is 1. The quantitative estimate of drug-likeness (QED) is 0.537. The van der Waals surface area contributed by atoms with Crippen molar-refractivity contribution in [3.05, 3.63) is 45.6 Å². The fraction of sp³-hybridized carbons (Fsp3) is 0.435. The monoisotopic (exact) mass is 505 g/mol. The summed E-state index contributed by atoms with van der Waals surface area (Å²) in [5.74, 6) is -3.79. The van der Waals surface area contributed by atoms with Crippen molar-refractivity contribution >= 4 is 41.2 Å². The number of nitrogens with zero attached hydrogens (tertiary/aromatic N) is 3. The second kappa shape index (κ2) is 9.57. The number of rotatable bonds is 6. The lowest BCUT2D eigenvalue weighted by atomic mass is 9.88. The first kappa shape index (κ1) is 26.0. The van der Waals surface area contributed by atoms with Crippen molar-refractivity contribution in [1.82, 2.24) is 14.7 Å². The van der Waals surface area contributed by atoms with E-state index in [-0.39, 0.29) is 39.8 Å². The van der Waals surface area contributed by atoms with Crippen LogP contribution in [0.25, 0.3) is 0 Å². The van der Waals surface area contributed by atoms with Gasteiger partial charge in [0, 0.05) is 18.1 Å². The summed E-state index contributed by atoms with van der Waals surface area (Å²) in [6.45, 7) is 7.17. The zero-order chi connectivity index (χ0) is 26.2. The second-order valence-corrected chi connectivity index (χ2v) is 9.82. The smallest absolute Gasteiger partial charge is 0.410 e. The first-order valence-electron chi connectivity index (χ1n) is 10.9. The molecule has 0 saturated carbocycles. The zero-order valence-corrected chi connectivity index (χ0v) is 20.6. The van der Waals surface area contributed by atoms with Crippen LogP contribution in [0.1, 0.15) is 78.0 Å². The summed E-state index contributed by atoms with van der Waals surface area (Å²) in [5.41, 5.74) is 11.1. The van der Waals surface area contributed by atoms with E-state index in [2.05, 4.69) is 5.10 Å². The first-order valence-corrected chi connectivity index (χ1v) is 11.3. The van der Waals surface area contributed by atoms with E-state index in [4.69, 9.17) is 27.8 Å². The molecule has 2 aromatic rings. The summed E-state index contributed by atoms with van der Waals surface area (Å²) < 4.78 is 6.80. The lowest BCUT2D eigenvalue weighted by Crippen LogP contribution is -2.35. The van der Waals surface area contributed by atoms with Gasteiger partial charge in [-0.05, 0) is 57.9 Å². The molecular weight excluding hydrogens is 478 g/mol. The average Bonchev–Trinajstić information content (AvgIpc) is 3.33. The molecule has 188 valence electrons. The number of amides is 2. The summed E-state index contributed by atoms with van der Waals surface area (Å²) in [6.07, 6.45) is -0.0112. The van der Waals surface area contributed by atoms with Crippen molar-refractivity contribution in [2.24, 2.45) is 5.73 Å². The summed E-state index contributed by atoms with van der Waals surface area (Å²) in [7, 11) is 0. The normalized spacial score (nSPS) is 16.7. The Morgan fingerprint density at radius 2 is 1.91 bits per heavy atom. The second-order valence-electron chi connectivity index (χ2n) is 9.41. The van der Waals surface area contributed by atoms with Crippen molar-refractivity contribution in [2.75, 3.05) is 18.8 Å². The molecule has 2 atom stereocenters. The van der Waals surface area contributed by atoms with Gasteiger partial charge in [0.1, 0.15) is 22.8 Å². The van der Waals surface area contributed by atoms with Crippen LogP contribution in [0.5, 0.6) is 0 Å². The minimum absolute atomic E-state index is 0.0253. The van der Waals surface area contributed by atoms with Gasteiger partial charge in [0.05, 0.1) is 23.2 Å². The van der Waals surface area contributed by atoms with E-state index in [1.54, 1.807) is 20.8 Å². The number of nitrogen functional groups attached to an aromatic ring is 1. The van der Waals surface area contributed by atoms with Crippen LogP contribution in [0, 0.1) is 0 Å². The highest BCUT2D eigenvalue weighted by Gasteiger charge is 2.37. The molecule has 0 spiro atoms. The number of benzene rings is 1. The highest BCUT2D eigenvalue weighted by atomic mass is 35.5. The summed E-state index contributed by atoms with van der Waals surface area (Å²) in [6, 6.07) is 3.52. The molecule has 0 radical (unpaired) electrons. The molecule has 1 aliphatic heterocycles. The van der Waals surface area contributed by atoms with Gasteiger partial charge in [-0.1, -0.05) is 11.6 Å². The molecule has 2 amide bonds. The van der Waals surface area contributed by atoms with E-state index in [1.807, 2.05) is 0 Å². The number of nitrogens with two attached hydrogens (primary N) is 2. The number of hydrogen-bond donors (Lipinski definition) is 3. The van der Waals surface area contributed by atoms with Gasteiger partial charge in [-0.15, -0.1) is 0 Å². The predicted molar refractivity (Wildman–Crippen MR) is 128 cm³/mol. The highest BCUT2D eigenvalue weighted by molar-refractivity contribution is 6.32. The van der Waals surface area contributed by atoms with E-state index < -0.39 is 41.3 Å². The van der Waals surface area contributed by atoms with Gasteiger partial charge < -0.3 is 26.2 Å². The Morgan fingerprint density at radius 1 is 1.26 bits per heavy atom. The molecule has 35 heavy (non-hydrogen) atoms. The van der Waals surface area contributed by atoms with Gasteiger partial charge in [-0.25, -0.2) is 14.3 Å². The van der Waals surface area contributed by atoms with Crippen LogP contribution in [0.15, 0.2) is 18.2 Å². The standard InChI is InChI=1S/C23H28ClN5O6/c1-11(30)16(14-9-12(21(32)33)5-6-15(14)24)18-17(20(26)31)19(25)29(27-18)13-7-8-28(10-13)22(34)35-23(2,3)4/h5-6,9,13,16H,7-8,10,25H2,1-4H3,(H2,26,31)(H,32,33)/t13-,16-/m0/s1. The molecule has 1 fully saturated rings. The number of anilines is 1. The highest BCUT2D eigenvalue weighted by Crippen LogP contribution is 2.37. The van der Waals surface area contributed by atoms with Crippen molar-refractivity contribution in [3.8, 4) is 0 Å². The Kier molecular flexibility index (Phi) is 7.11. The van der Waals surface area contributed by atoms with Gasteiger partial charge in [0.2, 0.25) is 0 Å². The number of halogens is 1. The van der Waals surface area contributed by atoms with Crippen molar-refractivity contribution in [3.63, 3.8) is 0 Å². The maximum atomic E-state index is 12.8. The summed E-state index contributed by atoms with van der Waals surface area (Å²) in [4.78, 5) is 50.6. The lowest BCUT2D eigenvalue weighted by molar-refractivity contribution is -0.117. The number of carbonyl (C=O) groups excluding carboxylic acids is 3. The Balaban J connectivity index is 2.05. The number of ether oxygens (including phenoxy) is 1. The van der Waals surface area contributed by atoms with Crippen molar-refractivity contribution in [1.29, 1.82) is 0 Å². The zero-order valence-electron chi connectivity index (χ0n) is 19.9.